The highest BCUT2D eigenvalue weighted by molar-refractivity contribution is 5.56. The van der Waals surface area contributed by atoms with Crippen molar-refractivity contribution >= 4 is 6.01 Å². The first-order valence-corrected chi connectivity index (χ1v) is 4.34. The normalized spacial score (nSPS) is 11.8. The van der Waals surface area contributed by atoms with Gasteiger partial charge in [0.2, 0.25) is 0 Å². The summed E-state index contributed by atoms with van der Waals surface area (Å²) >= 11 is 0. The first kappa shape index (κ1) is 11.4. The molecule has 0 unspecified atom stereocenters. The third kappa shape index (κ3) is 2.05. The van der Waals surface area contributed by atoms with E-state index >= 15 is 0 Å². The molecule has 1 aromatic carbocycles. The van der Waals surface area contributed by atoms with E-state index in [1.54, 1.807) is 0 Å². The number of alkyl halides is 3. The van der Waals surface area contributed by atoms with Crippen LogP contribution in [0.3, 0.4) is 0 Å². The summed E-state index contributed by atoms with van der Waals surface area (Å²) in [5.41, 5.74) is 3.27. The van der Waals surface area contributed by atoms with E-state index in [4.69, 9.17) is 5.73 Å². The first-order valence-electron chi connectivity index (χ1n) is 4.34. The second-order valence-corrected chi connectivity index (χ2v) is 3.11. The number of rotatable bonds is 1. The van der Waals surface area contributed by atoms with Crippen LogP contribution in [0.25, 0.3) is 11.5 Å². The number of halogens is 4. The lowest BCUT2D eigenvalue weighted by Gasteiger charge is -2.08. The van der Waals surface area contributed by atoms with Crippen LogP contribution >= 0.6 is 0 Å². The molecule has 2 N–H and O–H groups in total. The van der Waals surface area contributed by atoms with Gasteiger partial charge in [0.25, 0.3) is 5.89 Å². The van der Waals surface area contributed by atoms with E-state index in [-0.39, 0.29) is 6.01 Å². The van der Waals surface area contributed by atoms with E-state index in [1.807, 2.05) is 0 Å². The monoisotopic (exact) mass is 247 g/mol. The fraction of sp³-hybridized carbons (Fsp3) is 0.111. The van der Waals surface area contributed by atoms with Crippen molar-refractivity contribution < 1.29 is 22.0 Å². The van der Waals surface area contributed by atoms with Crippen molar-refractivity contribution in [2.75, 3.05) is 5.73 Å². The number of nitrogen functional groups attached to an aromatic ring is 1. The molecule has 0 amide bonds. The van der Waals surface area contributed by atoms with Gasteiger partial charge in [-0.05, 0) is 12.1 Å². The zero-order chi connectivity index (χ0) is 12.6. The summed E-state index contributed by atoms with van der Waals surface area (Å²) in [4.78, 5) is 0. The predicted octanol–water partition coefficient (Wildman–Crippen LogP) is 2.48. The van der Waals surface area contributed by atoms with Crippen molar-refractivity contribution in [3.05, 3.63) is 29.6 Å². The van der Waals surface area contributed by atoms with Gasteiger partial charge < -0.3 is 10.2 Å². The summed E-state index contributed by atoms with van der Waals surface area (Å²) in [5.74, 6) is -1.87. The average molecular weight is 247 g/mol. The van der Waals surface area contributed by atoms with Crippen molar-refractivity contribution in [3.8, 4) is 11.5 Å². The quantitative estimate of drug-likeness (QED) is 0.786. The Morgan fingerprint density at radius 3 is 2.41 bits per heavy atom. The molecule has 4 nitrogen and oxygen atoms in total. The minimum Gasteiger partial charge on any atom is -0.403 e. The molecule has 2 aromatic rings. The number of hydrogen-bond donors (Lipinski definition) is 1. The van der Waals surface area contributed by atoms with Gasteiger partial charge in [0.15, 0.2) is 0 Å². The molecule has 17 heavy (non-hydrogen) atoms. The van der Waals surface area contributed by atoms with Crippen molar-refractivity contribution in [3.63, 3.8) is 0 Å². The van der Waals surface area contributed by atoms with Gasteiger partial charge in [0, 0.05) is 0 Å². The molecule has 0 aliphatic rings. The molecule has 1 heterocycles. The Labute approximate surface area is 92.1 Å². The van der Waals surface area contributed by atoms with E-state index < -0.39 is 29.0 Å². The van der Waals surface area contributed by atoms with E-state index in [2.05, 4.69) is 14.6 Å². The Morgan fingerprint density at radius 1 is 1.18 bits per heavy atom. The van der Waals surface area contributed by atoms with Gasteiger partial charge in [-0.1, -0.05) is 11.2 Å². The highest BCUT2D eigenvalue weighted by atomic mass is 19.4. The van der Waals surface area contributed by atoms with Crippen LogP contribution in [0.2, 0.25) is 0 Å². The van der Waals surface area contributed by atoms with Crippen LogP contribution in [0, 0.1) is 5.82 Å². The van der Waals surface area contributed by atoms with Crippen molar-refractivity contribution in [1.29, 1.82) is 0 Å². The van der Waals surface area contributed by atoms with E-state index in [0.717, 1.165) is 12.1 Å². The minimum absolute atomic E-state index is 0.350. The summed E-state index contributed by atoms with van der Waals surface area (Å²) in [5, 5.41) is 6.56. The number of aromatic nitrogens is 2. The van der Waals surface area contributed by atoms with E-state index in [9.17, 15) is 17.6 Å². The van der Waals surface area contributed by atoms with Crippen LogP contribution in [-0.4, -0.2) is 10.2 Å². The van der Waals surface area contributed by atoms with Gasteiger partial charge in [0.1, 0.15) is 5.82 Å². The summed E-state index contributed by atoms with van der Waals surface area (Å²) in [6, 6.07) is 2.41. The van der Waals surface area contributed by atoms with E-state index in [0.29, 0.717) is 6.07 Å². The minimum atomic E-state index is -4.79. The summed E-state index contributed by atoms with van der Waals surface area (Å²) in [6.45, 7) is 0. The van der Waals surface area contributed by atoms with Crippen LogP contribution in [0.5, 0.6) is 0 Å². The lowest BCUT2D eigenvalue weighted by molar-refractivity contribution is -0.139. The Balaban J connectivity index is 2.57. The van der Waals surface area contributed by atoms with Gasteiger partial charge in [-0.25, -0.2) is 4.39 Å². The number of nitrogens with zero attached hydrogens (tertiary/aromatic N) is 2. The molecule has 90 valence electrons. The Kier molecular flexibility index (Phi) is 2.49. The molecule has 0 spiro atoms. The smallest absolute Gasteiger partial charge is 0.403 e. The maximum Gasteiger partial charge on any atom is 0.419 e. The molecular weight excluding hydrogens is 242 g/mol. The first-order chi connectivity index (χ1) is 7.89. The molecule has 0 bridgehead atoms. The molecule has 0 radical (unpaired) electrons. The van der Waals surface area contributed by atoms with Crippen LogP contribution < -0.4 is 5.73 Å². The predicted molar refractivity (Wildman–Crippen MR) is 49.1 cm³/mol. The van der Waals surface area contributed by atoms with Gasteiger partial charge in [0.05, 0.1) is 11.1 Å². The molecule has 0 atom stereocenters. The molecule has 0 aliphatic heterocycles. The van der Waals surface area contributed by atoms with Crippen LogP contribution in [0.15, 0.2) is 22.6 Å². The number of hydrogen-bond acceptors (Lipinski definition) is 4. The number of benzene rings is 1. The SMILES string of the molecule is Nc1nnc(-c2cccc(C(F)(F)F)c2F)o1. The fourth-order valence-electron chi connectivity index (χ4n) is 1.26. The van der Waals surface area contributed by atoms with E-state index in [1.165, 1.54) is 0 Å². The zero-order valence-corrected chi connectivity index (χ0v) is 8.12. The maximum atomic E-state index is 13.6. The second kappa shape index (κ2) is 3.72. The summed E-state index contributed by atoms with van der Waals surface area (Å²) < 4.78 is 55.5. The number of nitrogens with two attached hydrogens (primary N) is 1. The molecule has 8 heteroatoms. The lowest BCUT2D eigenvalue weighted by Crippen LogP contribution is -2.08. The van der Waals surface area contributed by atoms with Crippen LogP contribution in [0.1, 0.15) is 5.56 Å². The van der Waals surface area contributed by atoms with Crippen LogP contribution in [0.4, 0.5) is 23.6 Å². The summed E-state index contributed by atoms with van der Waals surface area (Å²) in [6.07, 6.45) is -4.79. The molecule has 0 saturated heterocycles. The molecule has 0 saturated carbocycles. The topological polar surface area (TPSA) is 64.9 Å². The second-order valence-electron chi connectivity index (χ2n) is 3.11. The van der Waals surface area contributed by atoms with Crippen molar-refractivity contribution in [2.24, 2.45) is 0 Å². The zero-order valence-electron chi connectivity index (χ0n) is 8.12. The third-order valence-corrected chi connectivity index (χ3v) is 1.98. The van der Waals surface area contributed by atoms with Gasteiger partial charge in [-0.15, -0.1) is 5.10 Å². The Bertz CT molecular complexity index is 549. The molecule has 0 fully saturated rings. The Morgan fingerprint density at radius 2 is 1.88 bits per heavy atom. The summed E-state index contributed by atoms with van der Waals surface area (Å²) in [7, 11) is 0. The van der Waals surface area contributed by atoms with Crippen molar-refractivity contribution in [2.45, 2.75) is 6.18 Å². The highest BCUT2D eigenvalue weighted by Gasteiger charge is 2.35. The van der Waals surface area contributed by atoms with Gasteiger partial charge in [-0.3, -0.25) is 0 Å². The van der Waals surface area contributed by atoms with Gasteiger partial charge >= 0.3 is 12.2 Å². The highest BCUT2D eigenvalue weighted by Crippen LogP contribution is 2.35. The van der Waals surface area contributed by atoms with Gasteiger partial charge in [-0.2, -0.15) is 13.2 Å². The maximum absolute atomic E-state index is 13.6. The fourth-order valence-corrected chi connectivity index (χ4v) is 1.26. The third-order valence-electron chi connectivity index (χ3n) is 1.98. The molecule has 2 rings (SSSR count). The molecule has 1 aromatic heterocycles. The number of anilines is 1. The lowest BCUT2D eigenvalue weighted by atomic mass is 10.1. The van der Waals surface area contributed by atoms with Crippen LogP contribution in [-0.2, 0) is 6.18 Å². The molecule has 0 aliphatic carbocycles. The largest absolute Gasteiger partial charge is 0.419 e. The molecular formula is C9H5F4N3O. The standard InChI is InChI=1S/C9H5F4N3O/c10-6-4(7-15-16-8(14)17-7)2-1-3-5(6)9(11,12)13/h1-3H,(H2,14,16). The average Bonchev–Trinajstić information content (AvgIpc) is 2.63. The van der Waals surface area contributed by atoms with Crippen molar-refractivity contribution in [1.82, 2.24) is 10.2 Å². The Hall–Kier alpha value is -2.12.